The summed E-state index contributed by atoms with van der Waals surface area (Å²) in [5.41, 5.74) is 3.64. The van der Waals surface area contributed by atoms with Gasteiger partial charge in [0.25, 0.3) is 12.1 Å². The Kier molecular flexibility index (Phi) is 4.97. The molecule has 0 saturated carbocycles. The fourth-order valence-corrected chi connectivity index (χ4v) is 3.77. The Morgan fingerprint density at radius 3 is 3.16 bits per heavy atom. The van der Waals surface area contributed by atoms with Gasteiger partial charge in [0.1, 0.15) is 12.3 Å². The second-order valence-corrected chi connectivity index (χ2v) is 7.65. The van der Waals surface area contributed by atoms with Crippen molar-refractivity contribution in [3.05, 3.63) is 77.3 Å². The van der Waals surface area contributed by atoms with E-state index in [0.717, 1.165) is 22.6 Å². The number of rotatable bonds is 6. The molecule has 0 bridgehead atoms. The Labute approximate surface area is 182 Å². The van der Waals surface area contributed by atoms with Gasteiger partial charge in [0.15, 0.2) is 6.21 Å². The molecule has 1 atom stereocenters. The molecular formula is C21H19ClN7O2+. The molecule has 3 aromatic heterocycles. The van der Waals surface area contributed by atoms with Gasteiger partial charge >= 0.3 is 0 Å². The summed E-state index contributed by atoms with van der Waals surface area (Å²) < 4.78 is 5.44. The van der Waals surface area contributed by atoms with Gasteiger partial charge in [-0.3, -0.25) is 9.48 Å². The van der Waals surface area contributed by atoms with Crippen LogP contribution in [0, 0.1) is 0 Å². The first-order valence-electron chi connectivity index (χ1n) is 9.70. The maximum absolute atomic E-state index is 12.6. The molecule has 1 unspecified atom stereocenters. The lowest BCUT2D eigenvalue weighted by Gasteiger charge is -2.07. The lowest BCUT2D eigenvalue weighted by atomic mass is 10.2. The highest BCUT2D eigenvalue weighted by Crippen LogP contribution is 2.17. The molecule has 1 amide bonds. The van der Waals surface area contributed by atoms with Crippen molar-refractivity contribution in [2.24, 2.45) is 4.99 Å². The molecule has 0 fully saturated rings. The van der Waals surface area contributed by atoms with E-state index in [1.807, 2.05) is 45.7 Å². The van der Waals surface area contributed by atoms with E-state index in [0.29, 0.717) is 17.1 Å². The SMILES string of the molecule is O=C(NCc1ncn2ccc(Cl)cc12)c1cnn(CC2=NC3C=CC=C(CO)[N+]3=C2)c1. The van der Waals surface area contributed by atoms with Crippen LogP contribution in [0.25, 0.3) is 5.52 Å². The van der Waals surface area contributed by atoms with Crippen molar-refractivity contribution in [1.29, 1.82) is 0 Å². The van der Waals surface area contributed by atoms with Crippen molar-refractivity contribution < 1.29 is 14.5 Å². The summed E-state index contributed by atoms with van der Waals surface area (Å²) in [6.45, 7) is 0.655. The molecule has 31 heavy (non-hydrogen) atoms. The molecule has 0 spiro atoms. The second-order valence-electron chi connectivity index (χ2n) is 7.21. The molecule has 156 valence electrons. The van der Waals surface area contributed by atoms with Gasteiger partial charge in [-0.15, -0.1) is 0 Å². The average molecular weight is 437 g/mol. The van der Waals surface area contributed by atoms with Crippen LogP contribution in [0.2, 0.25) is 5.02 Å². The summed E-state index contributed by atoms with van der Waals surface area (Å²) in [6.07, 6.45) is 14.2. The van der Waals surface area contributed by atoms with E-state index in [1.54, 1.807) is 23.3 Å². The smallest absolute Gasteiger partial charge is 0.271 e. The van der Waals surface area contributed by atoms with Gasteiger partial charge < -0.3 is 14.8 Å². The average Bonchev–Trinajstić information content (AvgIpc) is 3.49. The maximum Gasteiger partial charge on any atom is 0.271 e. The normalized spacial score (nSPS) is 17.4. The summed E-state index contributed by atoms with van der Waals surface area (Å²) in [7, 11) is 0. The number of aliphatic hydroxyl groups excluding tert-OH is 1. The third-order valence-electron chi connectivity index (χ3n) is 5.15. The number of nitrogens with zero attached hydrogens (tertiary/aromatic N) is 6. The largest absolute Gasteiger partial charge is 0.385 e. The van der Waals surface area contributed by atoms with Crippen LogP contribution in [-0.4, -0.2) is 59.5 Å². The minimum Gasteiger partial charge on any atom is -0.385 e. The number of imidazole rings is 1. The number of hydrogen-bond donors (Lipinski definition) is 2. The van der Waals surface area contributed by atoms with Gasteiger partial charge in [0, 0.05) is 29.6 Å². The van der Waals surface area contributed by atoms with Crippen LogP contribution in [0.4, 0.5) is 0 Å². The summed E-state index contributed by atoms with van der Waals surface area (Å²) >= 11 is 6.06. The lowest BCUT2D eigenvalue weighted by molar-refractivity contribution is -0.499. The van der Waals surface area contributed by atoms with Crippen LogP contribution in [0.5, 0.6) is 0 Å². The number of halogens is 1. The number of aromatic nitrogens is 4. The van der Waals surface area contributed by atoms with Crippen molar-refractivity contribution in [1.82, 2.24) is 24.5 Å². The number of hydrogen-bond acceptors (Lipinski definition) is 5. The highest BCUT2D eigenvalue weighted by atomic mass is 35.5. The minimum absolute atomic E-state index is 0.0511. The fraction of sp³-hybridized carbons (Fsp3) is 0.190. The number of pyridine rings is 1. The zero-order valence-electron chi connectivity index (χ0n) is 16.4. The number of amides is 1. The number of fused-ring (bicyclic) bond motifs is 2. The van der Waals surface area contributed by atoms with Crippen LogP contribution >= 0.6 is 11.6 Å². The van der Waals surface area contributed by atoms with E-state index in [-0.39, 0.29) is 25.2 Å². The van der Waals surface area contributed by atoms with E-state index in [9.17, 15) is 9.90 Å². The molecule has 3 aromatic rings. The fourth-order valence-electron chi connectivity index (χ4n) is 3.61. The number of carbonyl (C=O) groups excluding carboxylic acids is 1. The standard InChI is InChI=1S/C21H18ClN7O2/c22-15-4-5-27-13-24-18(19(27)6-15)8-23-21(31)14-7-25-28(9-14)10-16-11-29-17(12-30)2-1-3-20(29)26-16/h1-7,9,11,13,20,30H,8,10,12H2/p+1. The van der Waals surface area contributed by atoms with Gasteiger partial charge in [0.05, 0.1) is 42.4 Å². The molecule has 0 saturated heterocycles. The third-order valence-corrected chi connectivity index (χ3v) is 5.39. The molecule has 9 nitrogen and oxygen atoms in total. The third kappa shape index (κ3) is 3.80. The number of allylic oxidation sites excluding steroid dienone is 2. The zero-order chi connectivity index (χ0) is 21.4. The van der Waals surface area contributed by atoms with Gasteiger partial charge in [-0.1, -0.05) is 17.7 Å². The van der Waals surface area contributed by atoms with Crippen LogP contribution in [0.3, 0.4) is 0 Å². The van der Waals surface area contributed by atoms with E-state index >= 15 is 0 Å². The Bertz CT molecular complexity index is 1300. The van der Waals surface area contributed by atoms with Crippen molar-refractivity contribution in [3.8, 4) is 0 Å². The molecule has 2 aliphatic heterocycles. The van der Waals surface area contributed by atoms with E-state index in [2.05, 4.69) is 20.4 Å². The first kappa shape index (κ1) is 19.4. The number of aliphatic hydroxyl groups is 1. The van der Waals surface area contributed by atoms with Crippen molar-refractivity contribution in [3.63, 3.8) is 0 Å². The lowest BCUT2D eigenvalue weighted by Crippen LogP contribution is -2.23. The van der Waals surface area contributed by atoms with Crippen molar-refractivity contribution >= 4 is 35.0 Å². The van der Waals surface area contributed by atoms with Gasteiger partial charge in [-0.2, -0.15) is 9.67 Å². The maximum atomic E-state index is 12.6. The van der Waals surface area contributed by atoms with Crippen molar-refractivity contribution in [2.75, 3.05) is 6.61 Å². The molecule has 0 radical (unpaired) electrons. The first-order valence-corrected chi connectivity index (χ1v) is 10.1. The molecule has 0 aliphatic carbocycles. The van der Waals surface area contributed by atoms with Crippen LogP contribution in [-0.2, 0) is 13.1 Å². The zero-order valence-corrected chi connectivity index (χ0v) is 17.1. The topological polar surface area (TPSA) is 99.8 Å². The molecule has 5 rings (SSSR count). The second kappa shape index (κ2) is 7.93. The number of carbonyl (C=O) groups is 1. The predicted molar refractivity (Wildman–Crippen MR) is 115 cm³/mol. The van der Waals surface area contributed by atoms with Crippen LogP contribution in [0.15, 0.2) is 66.0 Å². The molecular weight excluding hydrogens is 418 g/mol. The van der Waals surface area contributed by atoms with Crippen LogP contribution < -0.4 is 5.32 Å². The highest BCUT2D eigenvalue weighted by Gasteiger charge is 2.30. The summed E-state index contributed by atoms with van der Waals surface area (Å²) in [4.78, 5) is 21.5. The summed E-state index contributed by atoms with van der Waals surface area (Å²) in [6, 6.07) is 3.59. The summed E-state index contributed by atoms with van der Waals surface area (Å²) in [5.74, 6) is -0.238. The minimum atomic E-state index is -0.238. The molecule has 0 aromatic carbocycles. The Morgan fingerprint density at radius 2 is 2.29 bits per heavy atom. The number of nitrogens with one attached hydrogen (secondary N) is 1. The van der Waals surface area contributed by atoms with Gasteiger partial charge in [-0.05, 0) is 12.1 Å². The Balaban J connectivity index is 1.24. The van der Waals surface area contributed by atoms with Crippen molar-refractivity contribution in [2.45, 2.75) is 19.3 Å². The highest BCUT2D eigenvalue weighted by molar-refractivity contribution is 6.31. The summed E-state index contributed by atoms with van der Waals surface area (Å²) in [5, 5.41) is 17.2. The molecule has 2 N–H and O–H groups in total. The van der Waals surface area contributed by atoms with E-state index < -0.39 is 0 Å². The van der Waals surface area contributed by atoms with Crippen LogP contribution in [0.1, 0.15) is 16.1 Å². The Morgan fingerprint density at radius 1 is 1.39 bits per heavy atom. The number of aliphatic imine (C=N–C) groups is 1. The molecule has 2 aliphatic rings. The first-order chi connectivity index (χ1) is 15.1. The van der Waals surface area contributed by atoms with E-state index in [1.165, 1.54) is 6.20 Å². The monoisotopic (exact) mass is 436 g/mol. The molecule has 10 heteroatoms. The quantitative estimate of drug-likeness (QED) is 0.571. The van der Waals surface area contributed by atoms with Gasteiger partial charge in [-0.25, -0.2) is 9.98 Å². The Hall–Kier alpha value is -3.56. The van der Waals surface area contributed by atoms with Gasteiger partial charge in [0.2, 0.25) is 5.70 Å². The van der Waals surface area contributed by atoms with E-state index in [4.69, 9.17) is 11.6 Å². The molecule has 5 heterocycles. The predicted octanol–water partition coefficient (Wildman–Crippen LogP) is 1.42.